The molecule has 80 valence electrons. The number of amides is 1. The molecule has 0 saturated heterocycles. The van der Waals surface area contributed by atoms with E-state index in [4.69, 9.17) is 0 Å². The molecule has 0 spiro atoms. The largest absolute Gasteiger partial charge is 0.323 e. The van der Waals surface area contributed by atoms with E-state index in [-0.39, 0.29) is 18.0 Å². The zero-order chi connectivity index (χ0) is 11.4. The molecule has 0 radical (unpaired) electrons. The number of hydrogen-bond acceptors (Lipinski definition) is 1. The molecule has 1 aromatic carbocycles. The van der Waals surface area contributed by atoms with E-state index in [0.717, 1.165) is 5.56 Å². The van der Waals surface area contributed by atoms with Crippen LogP contribution in [0.4, 0.5) is 10.1 Å². The fourth-order valence-corrected chi connectivity index (χ4v) is 1.40. The molecule has 0 aliphatic carbocycles. The third kappa shape index (κ3) is 3.16. The first-order valence-corrected chi connectivity index (χ1v) is 5.20. The van der Waals surface area contributed by atoms with Gasteiger partial charge in [-0.25, -0.2) is 4.39 Å². The van der Waals surface area contributed by atoms with Crippen LogP contribution in [-0.2, 0) is 4.79 Å². The SMILES string of the molecule is C=CCC(=O)Nc1cc(C)c(Br)cc1F. The molecule has 0 unspecified atom stereocenters. The van der Waals surface area contributed by atoms with Crippen molar-refractivity contribution in [3.05, 3.63) is 40.6 Å². The summed E-state index contributed by atoms with van der Waals surface area (Å²) in [7, 11) is 0. The van der Waals surface area contributed by atoms with E-state index in [1.54, 1.807) is 6.07 Å². The van der Waals surface area contributed by atoms with Crippen LogP contribution >= 0.6 is 15.9 Å². The number of hydrogen-bond donors (Lipinski definition) is 1. The van der Waals surface area contributed by atoms with Gasteiger partial charge in [0.1, 0.15) is 5.82 Å². The average molecular weight is 272 g/mol. The van der Waals surface area contributed by atoms with Gasteiger partial charge in [0, 0.05) is 10.9 Å². The number of rotatable bonds is 3. The zero-order valence-corrected chi connectivity index (χ0v) is 9.90. The van der Waals surface area contributed by atoms with Crippen molar-refractivity contribution in [2.75, 3.05) is 5.32 Å². The Hall–Kier alpha value is -1.16. The lowest BCUT2D eigenvalue weighted by Crippen LogP contribution is -2.11. The Kier molecular flexibility index (Phi) is 4.03. The molecule has 0 aliphatic rings. The molecule has 0 aliphatic heterocycles. The zero-order valence-electron chi connectivity index (χ0n) is 8.31. The molecular formula is C11H11BrFNO. The Morgan fingerprint density at radius 1 is 1.67 bits per heavy atom. The van der Waals surface area contributed by atoms with E-state index in [0.29, 0.717) is 4.47 Å². The Bertz CT molecular complexity index is 404. The monoisotopic (exact) mass is 271 g/mol. The third-order valence-corrected chi connectivity index (χ3v) is 2.71. The number of anilines is 1. The second-order valence-corrected chi connectivity index (χ2v) is 3.98. The quantitative estimate of drug-likeness (QED) is 0.839. The molecule has 0 aromatic heterocycles. The highest BCUT2D eigenvalue weighted by Gasteiger charge is 2.08. The summed E-state index contributed by atoms with van der Waals surface area (Å²) in [6.45, 7) is 5.26. The van der Waals surface area contributed by atoms with Crippen LogP contribution in [0.25, 0.3) is 0 Å². The van der Waals surface area contributed by atoms with Crippen molar-refractivity contribution < 1.29 is 9.18 Å². The van der Waals surface area contributed by atoms with Crippen LogP contribution in [0.15, 0.2) is 29.3 Å². The minimum absolute atomic E-state index is 0.175. The van der Waals surface area contributed by atoms with Crippen molar-refractivity contribution in [1.82, 2.24) is 0 Å². The van der Waals surface area contributed by atoms with Crippen molar-refractivity contribution in [1.29, 1.82) is 0 Å². The fraction of sp³-hybridized carbons (Fsp3) is 0.182. The Balaban J connectivity index is 2.90. The van der Waals surface area contributed by atoms with Gasteiger partial charge in [0.25, 0.3) is 0 Å². The van der Waals surface area contributed by atoms with Crippen LogP contribution in [0.2, 0.25) is 0 Å². The topological polar surface area (TPSA) is 29.1 Å². The van der Waals surface area contributed by atoms with Crippen molar-refractivity contribution in [2.45, 2.75) is 13.3 Å². The van der Waals surface area contributed by atoms with Gasteiger partial charge in [0.15, 0.2) is 0 Å². The summed E-state index contributed by atoms with van der Waals surface area (Å²) in [5.74, 6) is -0.726. The Morgan fingerprint density at radius 2 is 2.33 bits per heavy atom. The summed E-state index contributed by atoms with van der Waals surface area (Å²) in [6, 6.07) is 2.92. The molecule has 2 nitrogen and oxygen atoms in total. The van der Waals surface area contributed by atoms with Crippen LogP contribution in [0.5, 0.6) is 0 Å². The van der Waals surface area contributed by atoms with Crippen LogP contribution in [0.1, 0.15) is 12.0 Å². The number of carbonyl (C=O) groups excluding carboxylic acids is 1. The summed E-state index contributed by atoms with van der Waals surface area (Å²) in [4.78, 5) is 11.2. The summed E-state index contributed by atoms with van der Waals surface area (Å²) in [6.07, 6.45) is 1.65. The Morgan fingerprint density at radius 3 is 2.93 bits per heavy atom. The summed E-state index contributed by atoms with van der Waals surface area (Å²) < 4.78 is 14.0. The van der Waals surface area contributed by atoms with Gasteiger partial charge in [-0.05, 0) is 24.6 Å². The van der Waals surface area contributed by atoms with Gasteiger partial charge in [0.05, 0.1) is 5.69 Å². The van der Waals surface area contributed by atoms with Crippen molar-refractivity contribution in [3.8, 4) is 0 Å². The van der Waals surface area contributed by atoms with E-state index in [1.165, 1.54) is 12.1 Å². The lowest BCUT2D eigenvalue weighted by atomic mass is 10.2. The second kappa shape index (κ2) is 5.07. The minimum Gasteiger partial charge on any atom is -0.323 e. The first-order valence-electron chi connectivity index (χ1n) is 4.41. The highest BCUT2D eigenvalue weighted by Crippen LogP contribution is 2.23. The van der Waals surface area contributed by atoms with E-state index in [2.05, 4.69) is 27.8 Å². The molecule has 1 rings (SSSR count). The number of nitrogens with one attached hydrogen (secondary N) is 1. The number of halogens is 2. The molecule has 1 amide bonds. The predicted molar refractivity (Wildman–Crippen MR) is 62.3 cm³/mol. The fourth-order valence-electron chi connectivity index (χ4n) is 1.09. The van der Waals surface area contributed by atoms with Gasteiger partial charge in [-0.2, -0.15) is 0 Å². The molecule has 15 heavy (non-hydrogen) atoms. The van der Waals surface area contributed by atoms with E-state index in [9.17, 15) is 9.18 Å². The van der Waals surface area contributed by atoms with Gasteiger partial charge >= 0.3 is 0 Å². The summed E-state index contributed by atoms with van der Waals surface area (Å²) in [5.41, 5.74) is 1.06. The average Bonchev–Trinajstić information content (AvgIpc) is 2.14. The molecular weight excluding hydrogens is 261 g/mol. The summed E-state index contributed by atoms with van der Waals surface area (Å²) in [5, 5.41) is 2.47. The Labute approximate surface area is 96.3 Å². The van der Waals surface area contributed by atoms with Gasteiger partial charge in [0.2, 0.25) is 5.91 Å². The summed E-state index contributed by atoms with van der Waals surface area (Å²) >= 11 is 3.21. The van der Waals surface area contributed by atoms with E-state index in [1.807, 2.05) is 6.92 Å². The molecule has 0 heterocycles. The smallest absolute Gasteiger partial charge is 0.228 e. The number of carbonyl (C=O) groups is 1. The highest BCUT2D eigenvalue weighted by molar-refractivity contribution is 9.10. The normalized spacial score (nSPS) is 9.80. The minimum atomic E-state index is -0.454. The molecule has 4 heteroatoms. The highest BCUT2D eigenvalue weighted by atomic mass is 79.9. The van der Waals surface area contributed by atoms with Gasteiger partial charge in [-0.1, -0.05) is 22.0 Å². The molecule has 0 saturated carbocycles. The lowest BCUT2D eigenvalue weighted by molar-refractivity contribution is -0.115. The van der Waals surface area contributed by atoms with Crippen molar-refractivity contribution in [2.24, 2.45) is 0 Å². The van der Waals surface area contributed by atoms with Gasteiger partial charge in [-0.3, -0.25) is 4.79 Å². The number of benzene rings is 1. The van der Waals surface area contributed by atoms with Gasteiger partial charge in [-0.15, -0.1) is 6.58 Å². The van der Waals surface area contributed by atoms with Crippen LogP contribution in [-0.4, -0.2) is 5.91 Å². The number of aryl methyl sites for hydroxylation is 1. The maximum Gasteiger partial charge on any atom is 0.228 e. The van der Waals surface area contributed by atoms with Crippen molar-refractivity contribution in [3.63, 3.8) is 0 Å². The first kappa shape index (κ1) is 11.9. The van der Waals surface area contributed by atoms with Crippen LogP contribution in [0.3, 0.4) is 0 Å². The van der Waals surface area contributed by atoms with Crippen molar-refractivity contribution >= 4 is 27.5 Å². The van der Waals surface area contributed by atoms with Crippen LogP contribution < -0.4 is 5.32 Å². The molecule has 0 bridgehead atoms. The lowest BCUT2D eigenvalue weighted by Gasteiger charge is -2.07. The van der Waals surface area contributed by atoms with Crippen LogP contribution in [0, 0.1) is 12.7 Å². The molecule has 1 N–H and O–H groups in total. The second-order valence-electron chi connectivity index (χ2n) is 3.12. The van der Waals surface area contributed by atoms with E-state index < -0.39 is 5.82 Å². The van der Waals surface area contributed by atoms with E-state index >= 15 is 0 Å². The third-order valence-electron chi connectivity index (χ3n) is 1.85. The molecule has 0 fully saturated rings. The first-order chi connectivity index (χ1) is 7.04. The maximum absolute atomic E-state index is 13.4. The standard InChI is InChI=1S/C11H11BrFNO/c1-3-4-11(15)14-10-5-7(2)8(12)6-9(10)13/h3,5-6H,1,4H2,2H3,(H,14,15). The maximum atomic E-state index is 13.4. The molecule has 1 aromatic rings. The van der Waals surface area contributed by atoms with Gasteiger partial charge < -0.3 is 5.32 Å². The molecule has 0 atom stereocenters. The predicted octanol–water partition coefficient (Wildman–Crippen LogP) is 3.41.